The Morgan fingerprint density at radius 3 is 3.09 bits per heavy atom. The molecule has 11 heavy (non-hydrogen) atoms. The number of allylic oxidation sites excluding steroid dienone is 1. The van der Waals surface area contributed by atoms with Crippen LogP contribution in [0.5, 0.6) is 0 Å². The summed E-state index contributed by atoms with van der Waals surface area (Å²) >= 11 is 3.35. The number of nitrogens with zero attached hydrogens (tertiary/aromatic N) is 2. The summed E-state index contributed by atoms with van der Waals surface area (Å²) in [6.45, 7) is 6.93. The molecule has 1 heterocycles. The van der Waals surface area contributed by atoms with Crippen LogP contribution in [-0.4, -0.2) is 14.9 Å². The van der Waals surface area contributed by atoms with Crippen LogP contribution in [0.4, 0.5) is 0 Å². The monoisotopic (exact) mass is 214 g/mol. The quantitative estimate of drug-likeness (QED) is 0.707. The predicted octanol–water partition coefficient (Wildman–Crippen LogP) is 2.31. The summed E-state index contributed by atoms with van der Waals surface area (Å²) in [5.41, 5.74) is 1.02. The van der Waals surface area contributed by atoms with E-state index in [1.54, 1.807) is 6.20 Å². The molecule has 0 N–H and O–H groups in total. The fourth-order valence-corrected chi connectivity index (χ4v) is 1.19. The van der Waals surface area contributed by atoms with Gasteiger partial charge in [-0.1, -0.05) is 22.5 Å². The van der Waals surface area contributed by atoms with Crippen molar-refractivity contribution < 1.29 is 0 Å². The van der Waals surface area contributed by atoms with Gasteiger partial charge in [0.15, 0.2) is 0 Å². The summed E-state index contributed by atoms with van der Waals surface area (Å²) in [5.74, 6) is 0.976. The summed E-state index contributed by atoms with van der Waals surface area (Å²) < 4.78 is 2.07. The molecule has 60 valence electrons. The van der Waals surface area contributed by atoms with Crippen LogP contribution in [0.25, 0.3) is 5.57 Å². The molecule has 0 aliphatic rings. The minimum absolute atomic E-state index is 0.782. The van der Waals surface area contributed by atoms with Gasteiger partial charge in [0.1, 0.15) is 5.82 Å². The Kier molecular flexibility index (Phi) is 2.88. The lowest BCUT2D eigenvalue weighted by Gasteiger charge is -2.03. The van der Waals surface area contributed by atoms with E-state index in [1.165, 1.54) is 0 Å². The number of hydrogen-bond acceptors (Lipinski definition) is 1. The van der Waals surface area contributed by atoms with Gasteiger partial charge in [-0.15, -0.1) is 0 Å². The molecule has 0 aliphatic carbocycles. The van der Waals surface area contributed by atoms with Crippen LogP contribution in [-0.2, 0) is 6.54 Å². The van der Waals surface area contributed by atoms with E-state index in [4.69, 9.17) is 0 Å². The van der Waals surface area contributed by atoms with E-state index in [9.17, 15) is 0 Å². The van der Waals surface area contributed by atoms with Crippen molar-refractivity contribution in [3.05, 3.63) is 24.8 Å². The first-order valence-electron chi connectivity index (χ1n) is 3.54. The topological polar surface area (TPSA) is 17.8 Å². The van der Waals surface area contributed by atoms with Crippen molar-refractivity contribution >= 4 is 21.5 Å². The molecule has 0 unspecified atom stereocenters. The highest BCUT2D eigenvalue weighted by molar-refractivity contribution is 9.09. The maximum atomic E-state index is 4.19. The first kappa shape index (κ1) is 8.53. The molecular weight excluding hydrogens is 204 g/mol. The Bertz CT molecular complexity index is 252. The van der Waals surface area contributed by atoms with Crippen molar-refractivity contribution in [1.29, 1.82) is 0 Å². The van der Waals surface area contributed by atoms with Gasteiger partial charge >= 0.3 is 0 Å². The largest absolute Gasteiger partial charge is 0.332 e. The van der Waals surface area contributed by atoms with Crippen LogP contribution in [0, 0.1) is 0 Å². The zero-order valence-corrected chi connectivity index (χ0v) is 8.13. The van der Waals surface area contributed by atoms with Crippen molar-refractivity contribution in [1.82, 2.24) is 9.55 Å². The van der Waals surface area contributed by atoms with Gasteiger partial charge in [0.2, 0.25) is 0 Å². The highest BCUT2D eigenvalue weighted by Crippen LogP contribution is 2.11. The van der Waals surface area contributed by atoms with Gasteiger partial charge in [-0.2, -0.15) is 0 Å². The third-order valence-corrected chi connectivity index (χ3v) is 2.21. The molecule has 1 aromatic rings. The average molecular weight is 215 g/mol. The molecule has 0 fully saturated rings. The van der Waals surface area contributed by atoms with Crippen LogP contribution in [0.3, 0.4) is 0 Å². The molecule has 1 rings (SSSR count). The summed E-state index contributed by atoms with van der Waals surface area (Å²) in [4.78, 5) is 4.19. The maximum absolute atomic E-state index is 4.19. The Morgan fingerprint density at radius 2 is 2.55 bits per heavy atom. The lowest BCUT2D eigenvalue weighted by molar-refractivity contribution is 0.749. The Hall–Kier alpha value is -0.570. The first-order chi connectivity index (χ1) is 5.29. The smallest absolute Gasteiger partial charge is 0.136 e. The molecule has 0 spiro atoms. The molecular formula is C8H11BrN2. The predicted molar refractivity (Wildman–Crippen MR) is 50.7 cm³/mol. The van der Waals surface area contributed by atoms with Crippen LogP contribution in [0.1, 0.15) is 12.7 Å². The van der Waals surface area contributed by atoms with Gasteiger partial charge < -0.3 is 4.57 Å². The van der Waals surface area contributed by atoms with Crippen molar-refractivity contribution in [3.63, 3.8) is 0 Å². The standard InChI is InChI=1S/C8H11BrN2/c1-3-11-5-4-10-8(11)7(2)6-9/h4-5H,2-3,6H2,1H3. The third kappa shape index (κ3) is 1.71. The van der Waals surface area contributed by atoms with Crippen molar-refractivity contribution in [2.24, 2.45) is 0 Å². The fraction of sp³-hybridized carbons (Fsp3) is 0.375. The van der Waals surface area contributed by atoms with Crippen LogP contribution in [0.2, 0.25) is 0 Å². The van der Waals surface area contributed by atoms with Crippen molar-refractivity contribution in [2.75, 3.05) is 5.33 Å². The maximum Gasteiger partial charge on any atom is 0.136 e. The Labute approximate surface area is 75.1 Å². The second kappa shape index (κ2) is 3.72. The van der Waals surface area contributed by atoms with E-state index in [1.807, 2.05) is 6.20 Å². The van der Waals surface area contributed by atoms with Crippen LogP contribution >= 0.6 is 15.9 Å². The van der Waals surface area contributed by atoms with E-state index in [0.29, 0.717) is 0 Å². The molecule has 0 atom stereocenters. The number of imidazole rings is 1. The summed E-state index contributed by atoms with van der Waals surface area (Å²) in [7, 11) is 0. The second-order valence-electron chi connectivity index (χ2n) is 2.27. The molecule has 0 saturated carbocycles. The Morgan fingerprint density at radius 1 is 1.82 bits per heavy atom. The molecule has 3 heteroatoms. The Balaban J connectivity index is 2.92. The SMILES string of the molecule is C=C(CBr)c1nccn1CC. The summed E-state index contributed by atoms with van der Waals surface area (Å²) in [6, 6.07) is 0. The van der Waals surface area contributed by atoms with E-state index in [0.717, 1.165) is 23.3 Å². The lowest BCUT2D eigenvalue weighted by atomic mass is 10.3. The zero-order valence-electron chi connectivity index (χ0n) is 6.55. The molecule has 1 aromatic heterocycles. The van der Waals surface area contributed by atoms with Crippen molar-refractivity contribution in [3.8, 4) is 0 Å². The summed E-state index contributed by atoms with van der Waals surface area (Å²) in [5, 5.41) is 0.782. The van der Waals surface area contributed by atoms with E-state index < -0.39 is 0 Å². The van der Waals surface area contributed by atoms with Gasteiger partial charge in [0, 0.05) is 24.3 Å². The molecule has 0 amide bonds. The molecule has 0 radical (unpaired) electrons. The molecule has 0 bridgehead atoms. The lowest BCUT2D eigenvalue weighted by Crippen LogP contribution is -1.99. The van der Waals surface area contributed by atoms with Crippen LogP contribution in [0.15, 0.2) is 19.0 Å². The van der Waals surface area contributed by atoms with Crippen LogP contribution < -0.4 is 0 Å². The van der Waals surface area contributed by atoms with Gasteiger partial charge in [0.05, 0.1) is 0 Å². The minimum atomic E-state index is 0.782. The number of rotatable bonds is 3. The van der Waals surface area contributed by atoms with Crippen molar-refractivity contribution in [2.45, 2.75) is 13.5 Å². The van der Waals surface area contributed by atoms with E-state index in [2.05, 4.69) is 39.0 Å². The first-order valence-corrected chi connectivity index (χ1v) is 4.67. The average Bonchev–Trinajstić information content (AvgIpc) is 2.50. The fourth-order valence-electron chi connectivity index (χ4n) is 0.938. The second-order valence-corrected chi connectivity index (χ2v) is 2.83. The highest BCUT2D eigenvalue weighted by Gasteiger charge is 2.02. The van der Waals surface area contributed by atoms with Gasteiger partial charge in [-0.3, -0.25) is 0 Å². The molecule has 2 nitrogen and oxygen atoms in total. The molecule has 0 saturated heterocycles. The highest BCUT2D eigenvalue weighted by atomic mass is 79.9. The third-order valence-electron chi connectivity index (χ3n) is 1.53. The number of aromatic nitrogens is 2. The number of hydrogen-bond donors (Lipinski definition) is 0. The number of halogens is 1. The number of aryl methyl sites for hydroxylation is 1. The van der Waals surface area contributed by atoms with Gasteiger partial charge in [0.25, 0.3) is 0 Å². The van der Waals surface area contributed by atoms with Gasteiger partial charge in [-0.05, 0) is 12.5 Å². The molecule has 0 aliphatic heterocycles. The number of alkyl halides is 1. The minimum Gasteiger partial charge on any atom is -0.332 e. The van der Waals surface area contributed by atoms with E-state index in [-0.39, 0.29) is 0 Å². The molecule has 0 aromatic carbocycles. The summed E-state index contributed by atoms with van der Waals surface area (Å²) in [6.07, 6.45) is 3.76. The van der Waals surface area contributed by atoms with E-state index >= 15 is 0 Å². The zero-order chi connectivity index (χ0) is 8.27. The normalized spacial score (nSPS) is 10.0. The van der Waals surface area contributed by atoms with Gasteiger partial charge in [-0.25, -0.2) is 4.98 Å².